The zero-order valence-electron chi connectivity index (χ0n) is 9.47. The van der Waals surface area contributed by atoms with E-state index >= 15 is 0 Å². The molecule has 0 saturated carbocycles. The number of nitrogens with zero attached hydrogens (tertiary/aromatic N) is 1. The van der Waals surface area contributed by atoms with Gasteiger partial charge in [0.15, 0.2) is 0 Å². The lowest BCUT2D eigenvalue weighted by Crippen LogP contribution is -2.13. The van der Waals surface area contributed by atoms with Gasteiger partial charge in [0.25, 0.3) is 10.0 Å². The highest BCUT2D eigenvalue weighted by Crippen LogP contribution is 2.25. The molecule has 0 bridgehead atoms. The minimum Gasteiger partial charge on any atom is -0.399 e. The summed E-state index contributed by atoms with van der Waals surface area (Å²) in [6.07, 6.45) is 1.07. The second-order valence-corrected chi connectivity index (χ2v) is 5.72. The molecule has 19 heavy (non-hydrogen) atoms. The number of benzene rings is 1. The lowest BCUT2D eigenvalue weighted by Gasteiger charge is -2.09. The molecule has 100 valence electrons. The Bertz CT molecular complexity index is 704. The van der Waals surface area contributed by atoms with Gasteiger partial charge in [-0.3, -0.25) is 4.72 Å². The Hall–Kier alpha value is -1.86. The lowest BCUT2D eigenvalue weighted by molar-refractivity contribution is 0.583. The summed E-state index contributed by atoms with van der Waals surface area (Å²) in [4.78, 5) is 3.23. The van der Waals surface area contributed by atoms with Crippen molar-refractivity contribution in [3.05, 3.63) is 47.5 Å². The zero-order chi connectivity index (χ0) is 14.0. The molecule has 0 fully saturated rings. The summed E-state index contributed by atoms with van der Waals surface area (Å²) in [5.41, 5.74) is 5.98. The first-order chi connectivity index (χ1) is 8.88. The van der Waals surface area contributed by atoms with Crippen LogP contribution in [0.3, 0.4) is 0 Å². The minimum atomic E-state index is -3.87. The van der Waals surface area contributed by atoms with E-state index in [1.165, 1.54) is 24.3 Å². The number of aromatic nitrogens is 1. The van der Waals surface area contributed by atoms with Crippen molar-refractivity contribution in [2.45, 2.75) is 4.90 Å². The number of nitrogens with two attached hydrogens (primary N) is 1. The molecule has 8 heteroatoms. The molecular formula is C11H9ClFN3O2S. The van der Waals surface area contributed by atoms with Crippen molar-refractivity contribution in [2.75, 3.05) is 10.5 Å². The second kappa shape index (κ2) is 5.02. The molecule has 0 atom stereocenters. The Morgan fingerprint density at radius 2 is 2.00 bits per heavy atom. The molecule has 0 amide bonds. The van der Waals surface area contributed by atoms with E-state index in [4.69, 9.17) is 17.3 Å². The molecule has 0 aliphatic carbocycles. The molecule has 0 radical (unpaired) electrons. The fourth-order valence-corrected chi connectivity index (χ4v) is 2.98. The number of hydrogen-bond donors (Lipinski definition) is 2. The van der Waals surface area contributed by atoms with Gasteiger partial charge in [-0.25, -0.2) is 13.4 Å². The molecule has 0 unspecified atom stereocenters. The Morgan fingerprint density at radius 3 is 2.58 bits per heavy atom. The van der Waals surface area contributed by atoms with Gasteiger partial charge < -0.3 is 5.73 Å². The predicted octanol–water partition coefficient (Wildman–Crippen LogP) is 2.26. The van der Waals surface area contributed by atoms with Crippen LogP contribution in [0.2, 0.25) is 5.02 Å². The highest BCUT2D eigenvalue weighted by Gasteiger charge is 2.18. The van der Waals surface area contributed by atoms with Gasteiger partial charge >= 0.3 is 0 Å². The summed E-state index contributed by atoms with van der Waals surface area (Å²) in [5, 5.41) is 0.00238. The van der Waals surface area contributed by atoms with Crippen LogP contribution in [0.25, 0.3) is 0 Å². The number of pyridine rings is 1. The third kappa shape index (κ3) is 3.12. The van der Waals surface area contributed by atoms with Gasteiger partial charge in [-0.2, -0.15) is 4.39 Å². The van der Waals surface area contributed by atoms with Crippen LogP contribution in [0.15, 0.2) is 41.4 Å². The van der Waals surface area contributed by atoms with Gasteiger partial charge in [-0.15, -0.1) is 0 Å². The Balaban J connectivity index is 2.35. The summed E-state index contributed by atoms with van der Waals surface area (Å²) < 4.78 is 39.0. The number of rotatable bonds is 3. The van der Waals surface area contributed by atoms with E-state index in [1.807, 2.05) is 0 Å². The molecule has 1 aromatic heterocycles. The van der Waals surface area contributed by atoms with Crippen LogP contribution in [0.5, 0.6) is 0 Å². The smallest absolute Gasteiger partial charge is 0.263 e. The number of anilines is 2. The summed E-state index contributed by atoms with van der Waals surface area (Å²) in [6, 6.07) is 6.34. The minimum absolute atomic E-state index is 0.00238. The first kappa shape index (κ1) is 13.6. The van der Waals surface area contributed by atoms with E-state index in [-0.39, 0.29) is 15.6 Å². The molecule has 1 aromatic carbocycles. The number of sulfonamides is 1. The molecule has 0 aliphatic heterocycles. The topological polar surface area (TPSA) is 85.1 Å². The largest absolute Gasteiger partial charge is 0.399 e. The van der Waals surface area contributed by atoms with E-state index in [0.29, 0.717) is 5.69 Å². The average molecular weight is 302 g/mol. The quantitative estimate of drug-likeness (QED) is 0.672. The highest BCUT2D eigenvalue weighted by atomic mass is 35.5. The number of hydrogen-bond acceptors (Lipinski definition) is 4. The molecule has 2 aromatic rings. The van der Waals surface area contributed by atoms with Crippen LogP contribution < -0.4 is 10.5 Å². The normalized spacial score (nSPS) is 11.3. The van der Waals surface area contributed by atoms with E-state index in [2.05, 4.69) is 9.71 Å². The van der Waals surface area contributed by atoms with E-state index in [1.54, 1.807) is 0 Å². The number of nitrogens with one attached hydrogen (secondary N) is 1. The first-order valence-corrected chi connectivity index (χ1v) is 6.94. The summed E-state index contributed by atoms with van der Waals surface area (Å²) in [5.74, 6) is -0.700. The average Bonchev–Trinajstić information content (AvgIpc) is 2.31. The maximum absolute atomic E-state index is 12.6. The van der Waals surface area contributed by atoms with E-state index in [9.17, 15) is 12.8 Å². The van der Waals surface area contributed by atoms with Gasteiger partial charge in [0.05, 0.1) is 16.9 Å². The summed E-state index contributed by atoms with van der Waals surface area (Å²) in [7, 11) is -3.87. The van der Waals surface area contributed by atoms with Crippen LogP contribution in [0, 0.1) is 5.95 Å². The van der Waals surface area contributed by atoms with Gasteiger partial charge in [-0.1, -0.05) is 11.6 Å². The van der Waals surface area contributed by atoms with Crippen LogP contribution >= 0.6 is 11.6 Å². The van der Waals surface area contributed by atoms with Crippen LogP contribution in [0.1, 0.15) is 0 Å². The Morgan fingerprint density at radius 1 is 1.26 bits per heavy atom. The maximum Gasteiger partial charge on any atom is 0.263 e. The van der Waals surface area contributed by atoms with Gasteiger partial charge in [-0.05, 0) is 30.3 Å². The fraction of sp³-hybridized carbons (Fsp3) is 0. The molecule has 0 spiro atoms. The fourth-order valence-electron chi connectivity index (χ4n) is 1.38. The van der Waals surface area contributed by atoms with Crippen molar-refractivity contribution in [1.82, 2.24) is 4.98 Å². The van der Waals surface area contributed by atoms with Crippen molar-refractivity contribution < 1.29 is 12.8 Å². The van der Waals surface area contributed by atoms with Crippen molar-refractivity contribution in [2.24, 2.45) is 0 Å². The summed E-state index contributed by atoms with van der Waals surface area (Å²) in [6.45, 7) is 0. The first-order valence-electron chi connectivity index (χ1n) is 5.08. The van der Waals surface area contributed by atoms with Gasteiger partial charge in [0.1, 0.15) is 4.90 Å². The van der Waals surface area contributed by atoms with Crippen molar-refractivity contribution in [3.8, 4) is 0 Å². The van der Waals surface area contributed by atoms with E-state index in [0.717, 1.165) is 12.3 Å². The van der Waals surface area contributed by atoms with Gasteiger partial charge in [0.2, 0.25) is 5.95 Å². The number of halogens is 2. The van der Waals surface area contributed by atoms with Crippen LogP contribution in [0.4, 0.5) is 15.8 Å². The molecular weight excluding hydrogens is 293 g/mol. The van der Waals surface area contributed by atoms with Crippen LogP contribution in [-0.4, -0.2) is 13.4 Å². The third-order valence-corrected chi connectivity index (χ3v) is 4.09. The lowest BCUT2D eigenvalue weighted by atomic mass is 10.3. The Labute approximate surface area is 114 Å². The molecule has 0 aliphatic rings. The Kier molecular flexibility index (Phi) is 3.59. The number of nitrogen functional groups attached to an aromatic ring is 1. The third-order valence-electron chi connectivity index (χ3n) is 2.23. The maximum atomic E-state index is 12.6. The summed E-state index contributed by atoms with van der Waals surface area (Å²) >= 11 is 5.83. The monoisotopic (exact) mass is 301 g/mol. The second-order valence-electron chi connectivity index (χ2n) is 3.66. The molecule has 3 N–H and O–H groups in total. The molecule has 2 rings (SSSR count). The predicted molar refractivity (Wildman–Crippen MR) is 70.9 cm³/mol. The molecule has 1 heterocycles. The van der Waals surface area contributed by atoms with Crippen LogP contribution in [-0.2, 0) is 10.0 Å². The zero-order valence-corrected chi connectivity index (χ0v) is 11.0. The van der Waals surface area contributed by atoms with Crippen molar-refractivity contribution in [1.29, 1.82) is 0 Å². The highest BCUT2D eigenvalue weighted by molar-refractivity contribution is 7.92. The molecule has 0 saturated heterocycles. The SMILES string of the molecule is Nc1ccc(S(=O)(=O)Nc2ccc(F)nc2)c(Cl)c1. The van der Waals surface area contributed by atoms with Gasteiger partial charge in [0, 0.05) is 5.69 Å². The molecule has 5 nitrogen and oxygen atoms in total. The van der Waals surface area contributed by atoms with E-state index < -0.39 is 16.0 Å². The van der Waals surface area contributed by atoms with Crippen molar-refractivity contribution in [3.63, 3.8) is 0 Å². The van der Waals surface area contributed by atoms with Crippen molar-refractivity contribution >= 4 is 33.0 Å². The standard InChI is InChI=1S/C11H9ClFN3O2S/c12-9-5-7(14)1-3-10(9)19(17,18)16-8-2-4-11(13)15-6-8/h1-6,16H,14H2.